The van der Waals surface area contributed by atoms with E-state index in [0.717, 1.165) is 12.1 Å². The van der Waals surface area contributed by atoms with E-state index in [0.29, 0.717) is 21.8 Å². The van der Waals surface area contributed by atoms with Gasteiger partial charge in [0.05, 0.1) is 30.3 Å². The molecule has 7 nitrogen and oxygen atoms in total. The molecule has 0 amide bonds. The van der Waals surface area contributed by atoms with Gasteiger partial charge in [0, 0.05) is 11.0 Å². The van der Waals surface area contributed by atoms with Gasteiger partial charge in [-0.15, -0.1) is 24.9 Å². The highest BCUT2D eigenvalue weighted by atomic mass is 32.2. The number of carbonyl (C=O) groups is 1. The SMILES string of the molecule is CCOC(=O)c1nn(-c2ccc(OC(F)(F)F)cc2)c2cc(OC)cc(SC)c2c1=O. The summed E-state index contributed by atoms with van der Waals surface area (Å²) >= 11 is 1.27. The number of ether oxygens (including phenoxy) is 3. The topological polar surface area (TPSA) is 79.7 Å². The first-order valence-electron chi connectivity index (χ1n) is 8.90. The number of halogens is 3. The van der Waals surface area contributed by atoms with E-state index in [1.807, 2.05) is 0 Å². The van der Waals surface area contributed by atoms with Crippen molar-refractivity contribution in [3.63, 3.8) is 0 Å². The predicted octanol–water partition coefficient (Wildman–Crippen LogP) is 4.19. The molecule has 31 heavy (non-hydrogen) atoms. The van der Waals surface area contributed by atoms with E-state index in [1.165, 1.54) is 35.7 Å². The highest BCUT2D eigenvalue weighted by molar-refractivity contribution is 7.98. The molecule has 0 atom stereocenters. The number of thioether (sulfide) groups is 1. The lowest BCUT2D eigenvalue weighted by Crippen LogP contribution is -2.24. The molecule has 3 rings (SSSR count). The molecule has 0 fully saturated rings. The zero-order valence-electron chi connectivity index (χ0n) is 16.6. The molecule has 1 aromatic heterocycles. The van der Waals surface area contributed by atoms with E-state index in [4.69, 9.17) is 9.47 Å². The van der Waals surface area contributed by atoms with Crippen LogP contribution < -0.4 is 14.9 Å². The van der Waals surface area contributed by atoms with Crippen LogP contribution in [0.1, 0.15) is 17.4 Å². The summed E-state index contributed by atoms with van der Waals surface area (Å²) in [7, 11) is 1.46. The Kier molecular flexibility index (Phi) is 6.44. The first kappa shape index (κ1) is 22.5. The quantitative estimate of drug-likeness (QED) is 0.408. The van der Waals surface area contributed by atoms with Crippen LogP contribution in [0.25, 0.3) is 16.6 Å². The van der Waals surface area contributed by atoms with Crippen molar-refractivity contribution in [2.24, 2.45) is 0 Å². The van der Waals surface area contributed by atoms with Gasteiger partial charge in [-0.3, -0.25) is 4.79 Å². The zero-order chi connectivity index (χ0) is 22.8. The number of fused-ring (bicyclic) bond motifs is 1. The van der Waals surface area contributed by atoms with Crippen LogP contribution in [0, 0.1) is 0 Å². The second-order valence-electron chi connectivity index (χ2n) is 6.08. The fraction of sp³-hybridized carbons (Fsp3) is 0.250. The molecule has 0 aliphatic heterocycles. The molecule has 0 aliphatic rings. The zero-order valence-corrected chi connectivity index (χ0v) is 17.5. The Balaban J connectivity index is 2.29. The number of nitrogens with zero attached hydrogens (tertiary/aromatic N) is 2. The summed E-state index contributed by atoms with van der Waals surface area (Å²) in [5.41, 5.74) is -0.448. The number of rotatable bonds is 6. The molecule has 0 saturated carbocycles. The number of methoxy groups -OCH3 is 1. The van der Waals surface area contributed by atoms with Gasteiger partial charge >= 0.3 is 12.3 Å². The first-order valence-corrected chi connectivity index (χ1v) is 10.1. The number of alkyl halides is 3. The molecule has 0 bridgehead atoms. The number of benzene rings is 2. The van der Waals surface area contributed by atoms with E-state index in [1.54, 1.807) is 25.3 Å². The van der Waals surface area contributed by atoms with E-state index in [-0.39, 0.29) is 12.0 Å². The van der Waals surface area contributed by atoms with Gasteiger partial charge in [0.25, 0.3) is 0 Å². The summed E-state index contributed by atoms with van der Waals surface area (Å²) in [6, 6.07) is 8.06. The molecule has 0 spiro atoms. The molecular weight excluding hydrogens is 437 g/mol. The second kappa shape index (κ2) is 8.88. The molecule has 3 aromatic rings. The number of hydrogen-bond donors (Lipinski definition) is 0. The van der Waals surface area contributed by atoms with Crippen molar-refractivity contribution >= 4 is 28.6 Å². The van der Waals surface area contributed by atoms with Gasteiger partial charge in [-0.1, -0.05) is 0 Å². The third-order valence-electron chi connectivity index (χ3n) is 4.16. The molecule has 0 unspecified atom stereocenters. The third-order valence-corrected chi connectivity index (χ3v) is 4.93. The van der Waals surface area contributed by atoms with Crippen LogP contribution in [-0.4, -0.2) is 42.1 Å². The maximum absolute atomic E-state index is 13.0. The summed E-state index contributed by atoms with van der Waals surface area (Å²) < 4.78 is 52.8. The predicted molar refractivity (Wildman–Crippen MR) is 108 cm³/mol. The smallest absolute Gasteiger partial charge is 0.497 e. The van der Waals surface area contributed by atoms with Crippen LogP contribution in [0.5, 0.6) is 11.5 Å². The van der Waals surface area contributed by atoms with E-state index in [9.17, 15) is 22.8 Å². The minimum Gasteiger partial charge on any atom is -0.497 e. The molecular formula is C20H17F3N2O5S. The van der Waals surface area contributed by atoms with Crippen molar-refractivity contribution in [2.75, 3.05) is 20.0 Å². The summed E-state index contributed by atoms with van der Waals surface area (Å²) in [5, 5.41) is 4.36. The van der Waals surface area contributed by atoms with Crippen molar-refractivity contribution in [2.45, 2.75) is 18.2 Å². The summed E-state index contributed by atoms with van der Waals surface area (Å²) in [6.45, 7) is 1.63. The molecule has 1 heterocycles. The third kappa shape index (κ3) is 4.76. The molecule has 0 aliphatic carbocycles. The van der Waals surface area contributed by atoms with Crippen LogP contribution in [-0.2, 0) is 4.74 Å². The van der Waals surface area contributed by atoms with Crippen molar-refractivity contribution in [1.82, 2.24) is 9.78 Å². The molecule has 164 valence electrons. The van der Waals surface area contributed by atoms with Gasteiger partial charge in [0.2, 0.25) is 11.1 Å². The standard InChI is InChI=1S/C20H17F3N2O5S/c1-4-29-19(27)17-18(26)16-14(9-13(28-2)10-15(16)31-3)25(24-17)11-5-7-12(8-6-11)30-20(21,22)23/h5-10H,4H2,1-3H3. The van der Waals surface area contributed by atoms with Crippen LogP contribution in [0.2, 0.25) is 0 Å². The van der Waals surface area contributed by atoms with Crippen LogP contribution in [0.4, 0.5) is 13.2 Å². The Bertz CT molecular complexity index is 1180. The first-order chi connectivity index (χ1) is 14.7. The number of esters is 1. The highest BCUT2D eigenvalue weighted by Gasteiger charge is 2.31. The van der Waals surface area contributed by atoms with Gasteiger partial charge < -0.3 is 14.2 Å². The monoisotopic (exact) mass is 454 g/mol. The molecule has 2 aromatic carbocycles. The van der Waals surface area contributed by atoms with Crippen LogP contribution >= 0.6 is 11.8 Å². The van der Waals surface area contributed by atoms with Crippen molar-refractivity contribution in [3.8, 4) is 17.2 Å². The van der Waals surface area contributed by atoms with Crippen molar-refractivity contribution in [1.29, 1.82) is 0 Å². The van der Waals surface area contributed by atoms with E-state index >= 15 is 0 Å². The number of hydrogen-bond acceptors (Lipinski definition) is 7. The minimum absolute atomic E-state index is 0.0411. The maximum Gasteiger partial charge on any atom is 0.573 e. The fourth-order valence-electron chi connectivity index (χ4n) is 2.89. The largest absolute Gasteiger partial charge is 0.573 e. The normalized spacial score (nSPS) is 11.4. The van der Waals surface area contributed by atoms with Gasteiger partial charge in [0.1, 0.15) is 11.5 Å². The Morgan fingerprint density at radius 3 is 2.39 bits per heavy atom. The van der Waals surface area contributed by atoms with Gasteiger partial charge in [-0.2, -0.15) is 5.10 Å². The Morgan fingerprint density at radius 1 is 1.16 bits per heavy atom. The van der Waals surface area contributed by atoms with E-state index < -0.39 is 29.2 Å². The number of carbonyl (C=O) groups excluding carboxylic acids is 1. The van der Waals surface area contributed by atoms with Gasteiger partial charge in [0.15, 0.2) is 0 Å². The summed E-state index contributed by atoms with van der Waals surface area (Å²) in [6.07, 6.45) is -3.08. The van der Waals surface area contributed by atoms with Crippen molar-refractivity contribution < 1.29 is 32.2 Å². The fourth-order valence-corrected chi connectivity index (χ4v) is 3.52. The molecule has 11 heteroatoms. The van der Waals surface area contributed by atoms with E-state index in [2.05, 4.69) is 9.84 Å². The average Bonchev–Trinajstić information content (AvgIpc) is 2.72. The van der Waals surface area contributed by atoms with Crippen molar-refractivity contribution in [3.05, 3.63) is 52.3 Å². The molecule has 0 radical (unpaired) electrons. The van der Waals surface area contributed by atoms with Gasteiger partial charge in [-0.25, -0.2) is 9.48 Å². The highest BCUT2D eigenvalue weighted by Crippen LogP contribution is 2.31. The summed E-state index contributed by atoms with van der Waals surface area (Å²) in [4.78, 5) is 25.9. The maximum atomic E-state index is 13.0. The molecule has 0 N–H and O–H groups in total. The molecule has 0 saturated heterocycles. The summed E-state index contributed by atoms with van der Waals surface area (Å²) in [5.74, 6) is -0.884. The Labute approximate surface area is 178 Å². The van der Waals surface area contributed by atoms with Gasteiger partial charge in [-0.05, 0) is 43.5 Å². The number of aromatic nitrogens is 2. The second-order valence-corrected chi connectivity index (χ2v) is 6.92. The average molecular weight is 454 g/mol. The Hall–Kier alpha value is -3.21. The lowest BCUT2D eigenvalue weighted by molar-refractivity contribution is -0.274. The lowest BCUT2D eigenvalue weighted by Gasteiger charge is -2.15. The van der Waals surface area contributed by atoms with Crippen LogP contribution in [0.15, 0.2) is 46.1 Å². The lowest BCUT2D eigenvalue weighted by atomic mass is 10.1. The Morgan fingerprint density at radius 2 is 1.84 bits per heavy atom. The van der Waals surface area contributed by atoms with Crippen LogP contribution in [0.3, 0.4) is 0 Å². The minimum atomic E-state index is -4.83.